The van der Waals surface area contributed by atoms with Gasteiger partial charge in [0.25, 0.3) is 5.56 Å². The molecule has 5 heteroatoms. The molecule has 2 rings (SSSR count). The van der Waals surface area contributed by atoms with Crippen LogP contribution in [0.15, 0.2) is 27.8 Å². The van der Waals surface area contributed by atoms with Crippen molar-refractivity contribution in [3.05, 3.63) is 44.6 Å². The van der Waals surface area contributed by atoms with Crippen molar-refractivity contribution in [3.8, 4) is 0 Å². The number of aromatic nitrogens is 2. The highest BCUT2D eigenvalue weighted by molar-refractivity contribution is 5.79. The van der Waals surface area contributed by atoms with Crippen molar-refractivity contribution in [2.75, 3.05) is 0 Å². The molecule has 18 heavy (non-hydrogen) atoms. The third-order valence-corrected chi connectivity index (χ3v) is 2.89. The zero-order valence-corrected chi connectivity index (χ0v) is 10.6. The average molecular weight is 246 g/mol. The Labute approximate surface area is 103 Å². The molecule has 1 aromatic heterocycles. The van der Waals surface area contributed by atoms with Crippen molar-refractivity contribution in [1.29, 1.82) is 0 Å². The second-order valence-electron chi connectivity index (χ2n) is 4.46. The van der Waals surface area contributed by atoms with Gasteiger partial charge in [0, 0.05) is 7.05 Å². The van der Waals surface area contributed by atoms with Gasteiger partial charge in [-0.25, -0.2) is 4.79 Å². The third kappa shape index (κ3) is 1.88. The summed E-state index contributed by atoms with van der Waals surface area (Å²) in [4.78, 5) is 35.3. The summed E-state index contributed by atoms with van der Waals surface area (Å²) in [5.74, 6) is -0.221. The number of benzene rings is 1. The van der Waals surface area contributed by atoms with E-state index in [1.807, 2.05) is 13.0 Å². The standard InChI is InChI=1S/C13H14N2O3/c1-8-4-5-11-10(6-8)12(17)15(7-9(2)16)13(18)14(11)3/h4-6H,7H2,1-3H3. The molecule has 0 saturated heterocycles. The lowest BCUT2D eigenvalue weighted by molar-refractivity contribution is -0.117. The van der Waals surface area contributed by atoms with E-state index in [1.165, 1.54) is 11.5 Å². The number of hydrogen-bond acceptors (Lipinski definition) is 3. The molecule has 0 aliphatic rings. The van der Waals surface area contributed by atoms with Gasteiger partial charge >= 0.3 is 5.69 Å². The number of carbonyl (C=O) groups excluding carboxylic acids is 1. The van der Waals surface area contributed by atoms with Crippen molar-refractivity contribution < 1.29 is 4.79 Å². The van der Waals surface area contributed by atoms with Crippen LogP contribution >= 0.6 is 0 Å². The second kappa shape index (κ2) is 4.25. The SMILES string of the molecule is CC(=O)Cn1c(=O)c2cc(C)ccc2n(C)c1=O. The molecule has 5 nitrogen and oxygen atoms in total. The van der Waals surface area contributed by atoms with Crippen molar-refractivity contribution in [2.45, 2.75) is 20.4 Å². The summed E-state index contributed by atoms with van der Waals surface area (Å²) in [5, 5.41) is 0.457. The predicted molar refractivity (Wildman–Crippen MR) is 68.9 cm³/mol. The Morgan fingerprint density at radius 3 is 2.56 bits per heavy atom. The van der Waals surface area contributed by atoms with E-state index in [0.29, 0.717) is 10.9 Å². The first-order chi connectivity index (χ1) is 8.41. The Morgan fingerprint density at radius 2 is 1.94 bits per heavy atom. The summed E-state index contributed by atoms with van der Waals surface area (Å²) in [7, 11) is 1.59. The second-order valence-corrected chi connectivity index (χ2v) is 4.46. The zero-order valence-electron chi connectivity index (χ0n) is 10.6. The van der Waals surface area contributed by atoms with Crippen molar-refractivity contribution in [1.82, 2.24) is 9.13 Å². The van der Waals surface area contributed by atoms with E-state index in [-0.39, 0.29) is 12.3 Å². The number of fused-ring (bicyclic) bond motifs is 1. The van der Waals surface area contributed by atoms with E-state index < -0.39 is 11.2 Å². The minimum absolute atomic E-state index is 0.185. The van der Waals surface area contributed by atoms with Crippen LogP contribution in [0.2, 0.25) is 0 Å². The average Bonchev–Trinajstić information content (AvgIpc) is 2.31. The van der Waals surface area contributed by atoms with Crippen molar-refractivity contribution >= 4 is 16.7 Å². The van der Waals surface area contributed by atoms with Crippen LogP contribution < -0.4 is 11.2 Å². The summed E-state index contributed by atoms with van der Waals surface area (Å²) in [6, 6.07) is 5.32. The summed E-state index contributed by atoms with van der Waals surface area (Å²) in [6.07, 6.45) is 0. The van der Waals surface area contributed by atoms with Crippen molar-refractivity contribution in [3.63, 3.8) is 0 Å². The molecule has 0 atom stereocenters. The van der Waals surface area contributed by atoms with Gasteiger partial charge in [0.05, 0.1) is 17.4 Å². The molecule has 0 radical (unpaired) electrons. The minimum Gasteiger partial charge on any atom is -0.298 e. The molecule has 0 bridgehead atoms. The molecule has 0 fully saturated rings. The highest BCUT2D eigenvalue weighted by Gasteiger charge is 2.11. The van der Waals surface area contributed by atoms with Crippen LogP contribution in [-0.2, 0) is 18.4 Å². The van der Waals surface area contributed by atoms with Gasteiger partial charge in [0.2, 0.25) is 0 Å². The lowest BCUT2D eigenvalue weighted by atomic mass is 10.1. The number of nitrogens with zero attached hydrogens (tertiary/aromatic N) is 2. The molecule has 0 saturated carbocycles. The Balaban J connectivity index is 2.93. The Kier molecular flexibility index (Phi) is 2.90. The lowest BCUT2D eigenvalue weighted by Crippen LogP contribution is -2.40. The molecular weight excluding hydrogens is 232 g/mol. The number of rotatable bonds is 2. The molecule has 0 amide bonds. The number of hydrogen-bond donors (Lipinski definition) is 0. The van der Waals surface area contributed by atoms with Gasteiger partial charge in [-0.05, 0) is 26.0 Å². The molecule has 0 aliphatic carbocycles. The van der Waals surface area contributed by atoms with Gasteiger partial charge in [-0.15, -0.1) is 0 Å². The molecule has 0 unspecified atom stereocenters. The normalized spacial score (nSPS) is 10.8. The van der Waals surface area contributed by atoms with Crippen LogP contribution in [-0.4, -0.2) is 14.9 Å². The lowest BCUT2D eigenvalue weighted by Gasteiger charge is -2.09. The van der Waals surface area contributed by atoms with Crippen LogP contribution in [0.4, 0.5) is 0 Å². The summed E-state index contributed by atoms with van der Waals surface area (Å²) in [6.45, 7) is 3.04. The van der Waals surface area contributed by atoms with Crippen molar-refractivity contribution in [2.24, 2.45) is 7.05 Å². The fraction of sp³-hybridized carbons (Fsp3) is 0.308. The molecule has 0 aliphatic heterocycles. The van der Waals surface area contributed by atoms with Crippen LogP contribution in [0.1, 0.15) is 12.5 Å². The monoisotopic (exact) mass is 246 g/mol. The van der Waals surface area contributed by atoms with E-state index >= 15 is 0 Å². The number of ketones is 1. The Morgan fingerprint density at radius 1 is 1.28 bits per heavy atom. The summed E-state index contributed by atoms with van der Waals surface area (Å²) < 4.78 is 2.36. The van der Waals surface area contributed by atoms with Gasteiger partial charge in [0.15, 0.2) is 0 Å². The summed E-state index contributed by atoms with van der Waals surface area (Å²) >= 11 is 0. The fourth-order valence-electron chi connectivity index (χ4n) is 1.99. The van der Waals surface area contributed by atoms with E-state index in [4.69, 9.17) is 0 Å². The molecule has 0 N–H and O–H groups in total. The van der Waals surface area contributed by atoms with Gasteiger partial charge in [-0.1, -0.05) is 11.6 Å². The fourth-order valence-corrected chi connectivity index (χ4v) is 1.99. The van der Waals surface area contributed by atoms with Crippen LogP contribution in [0.25, 0.3) is 10.9 Å². The first-order valence-electron chi connectivity index (χ1n) is 5.61. The smallest absolute Gasteiger partial charge is 0.298 e. The Hall–Kier alpha value is -2.17. The molecule has 94 valence electrons. The molecule has 2 aromatic rings. The van der Waals surface area contributed by atoms with Gasteiger partial charge in [-0.2, -0.15) is 0 Å². The number of Topliss-reactive ketones (excluding diaryl/α,β-unsaturated/α-hetero) is 1. The largest absolute Gasteiger partial charge is 0.331 e. The van der Waals surface area contributed by atoms with E-state index in [0.717, 1.165) is 10.1 Å². The maximum Gasteiger partial charge on any atom is 0.331 e. The van der Waals surface area contributed by atoms with E-state index in [1.54, 1.807) is 19.2 Å². The van der Waals surface area contributed by atoms with Crippen LogP contribution in [0.3, 0.4) is 0 Å². The molecular formula is C13H14N2O3. The molecule has 0 spiro atoms. The maximum atomic E-state index is 12.2. The zero-order chi connectivity index (χ0) is 13.4. The van der Waals surface area contributed by atoms with Gasteiger partial charge in [0.1, 0.15) is 5.78 Å². The minimum atomic E-state index is -0.466. The number of carbonyl (C=O) groups is 1. The van der Waals surface area contributed by atoms with Gasteiger partial charge < -0.3 is 0 Å². The van der Waals surface area contributed by atoms with Gasteiger partial charge in [-0.3, -0.25) is 18.7 Å². The first-order valence-corrected chi connectivity index (χ1v) is 5.61. The Bertz CT molecular complexity index is 753. The maximum absolute atomic E-state index is 12.2. The van der Waals surface area contributed by atoms with E-state index in [9.17, 15) is 14.4 Å². The third-order valence-electron chi connectivity index (χ3n) is 2.89. The quantitative estimate of drug-likeness (QED) is 0.779. The molecule has 1 aromatic carbocycles. The number of aryl methyl sites for hydroxylation is 2. The predicted octanol–water partition coefficient (Wildman–Crippen LogP) is 0.598. The van der Waals surface area contributed by atoms with E-state index in [2.05, 4.69) is 0 Å². The summed E-state index contributed by atoms with van der Waals surface area (Å²) in [5.41, 5.74) is 0.640. The topological polar surface area (TPSA) is 61.1 Å². The first kappa shape index (κ1) is 12.3. The highest BCUT2D eigenvalue weighted by Crippen LogP contribution is 2.09. The van der Waals surface area contributed by atoms with Crippen LogP contribution in [0, 0.1) is 6.92 Å². The highest BCUT2D eigenvalue weighted by atomic mass is 16.2. The molecule has 1 heterocycles. The van der Waals surface area contributed by atoms with Crippen LogP contribution in [0.5, 0.6) is 0 Å².